The molecular weight excluding hydrogens is 208 g/mol. The topological polar surface area (TPSA) is 47.1 Å². The van der Waals surface area contributed by atoms with E-state index in [0.29, 0.717) is 4.99 Å². The summed E-state index contributed by atoms with van der Waals surface area (Å²) in [5.74, 6) is 0. The van der Waals surface area contributed by atoms with Gasteiger partial charge in [0.05, 0.1) is 16.7 Å². The predicted molar refractivity (Wildman–Crippen MR) is 63.4 cm³/mol. The normalized spacial score (nSPS) is 22.1. The second kappa shape index (κ2) is 4.28. The van der Waals surface area contributed by atoms with Gasteiger partial charge in [0.25, 0.3) is 0 Å². The van der Waals surface area contributed by atoms with Crippen molar-refractivity contribution in [1.82, 2.24) is 14.7 Å². The number of aryl methyl sites for hydroxylation is 1. The molecule has 1 atom stereocenters. The van der Waals surface area contributed by atoms with Gasteiger partial charge >= 0.3 is 0 Å². The van der Waals surface area contributed by atoms with Crippen LogP contribution in [-0.4, -0.2) is 32.3 Å². The maximum absolute atomic E-state index is 5.71. The molecule has 1 saturated heterocycles. The van der Waals surface area contributed by atoms with Gasteiger partial charge in [-0.25, -0.2) is 0 Å². The fourth-order valence-electron chi connectivity index (χ4n) is 2.09. The number of nitrogens with two attached hydrogens (primary N) is 1. The molecule has 2 heterocycles. The molecule has 1 aromatic rings. The molecule has 0 saturated carbocycles. The van der Waals surface area contributed by atoms with Crippen LogP contribution in [-0.2, 0) is 13.6 Å². The van der Waals surface area contributed by atoms with Crippen molar-refractivity contribution in [3.63, 3.8) is 0 Å². The van der Waals surface area contributed by atoms with Crippen molar-refractivity contribution in [2.75, 3.05) is 6.54 Å². The van der Waals surface area contributed by atoms with Crippen LogP contribution in [0.5, 0.6) is 0 Å². The van der Waals surface area contributed by atoms with E-state index < -0.39 is 0 Å². The van der Waals surface area contributed by atoms with Gasteiger partial charge in [-0.2, -0.15) is 5.10 Å². The van der Waals surface area contributed by atoms with Crippen molar-refractivity contribution in [3.05, 3.63) is 18.0 Å². The Bertz CT molecular complexity index is 360. The molecule has 0 spiro atoms. The van der Waals surface area contributed by atoms with E-state index in [9.17, 15) is 0 Å². The molecule has 1 aliphatic heterocycles. The van der Waals surface area contributed by atoms with Crippen LogP contribution in [0.15, 0.2) is 12.3 Å². The second-order valence-corrected chi connectivity index (χ2v) is 4.48. The molecule has 4 nitrogen and oxygen atoms in total. The third-order valence-corrected chi connectivity index (χ3v) is 3.10. The zero-order chi connectivity index (χ0) is 10.8. The van der Waals surface area contributed by atoms with Crippen molar-refractivity contribution in [2.24, 2.45) is 12.8 Å². The fourth-order valence-corrected chi connectivity index (χ4v) is 2.36. The van der Waals surface area contributed by atoms with Crippen LogP contribution in [0.2, 0.25) is 0 Å². The first-order valence-electron chi connectivity index (χ1n) is 5.18. The van der Waals surface area contributed by atoms with E-state index in [1.54, 1.807) is 0 Å². The molecule has 1 unspecified atom stereocenters. The van der Waals surface area contributed by atoms with Crippen LogP contribution in [0.4, 0.5) is 0 Å². The lowest BCUT2D eigenvalue weighted by atomic mass is 10.2. The average Bonchev–Trinajstić information content (AvgIpc) is 2.75. The summed E-state index contributed by atoms with van der Waals surface area (Å²) in [5, 5.41) is 4.36. The molecule has 5 heteroatoms. The Hall–Kier alpha value is -0.940. The first kappa shape index (κ1) is 10.6. The van der Waals surface area contributed by atoms with E-state index in [4.69, 9.17) is 18.0 Å². The van der Waals surface area contributed by atoms with Gasteiger partial charge in [-0.15, -0.1) is 0 Å². The summed E-state index contributed by atoms with van der Waals surface area (Å²) in [7, 11) is 1.93. The highest BCUT2D eigenvalue weighted by Gasteiger charge is 2.26. The Morgan fingerprint density at radius 3 is 3.13 bits per heavy atom. The summed E-state index contributed by atoms with van der Waals surface area (Å²) in [5.41, 5.74) is 6.80. The van der Waals surface area contributed by atoms with Crippen LogP contribution >= 0.6 is 12.2 Å². The Labute approximate surface area is 95.0 Å². The van der Waals surface area contributed by atoms with E-state index in [-0.39, 0.29) is 6.04 Å². The number of hydrogen-bond donors (Lipinski definition) is 1. The molecule has 1 fully saturated rings. The van der Waals surface area contributed by atoms with Crippen LogP contribution in [0.25, 0.3) is 0 Å². The number of aromatic nitrogens is 2. The molecule has 82 valence electrons. The molecule has 0 aromatic carbocycles. The SMILES string of the molecule is Cn1ccc(CN2CCCC2C(N)=S)n1. The molecule has 0 radical (unpaired) electrons. The highest BCUT2D eigenvalue weighted by atomic mass is 32.1. The molecular formula is C10H16N4S. The molecule has 0 bridgehead atoms. The van der Waals surface area contributed by atoms with Crippen molar-refractivity contribution in [3.8, 4) is 0 Å². The lowest BCUT2D eigenvalue weighted by Gasteiger charge is -2.22. The molecule has 1 aromatic heterocycles. The van der Waals surface area contributed by atoms with E-state index in [1.165, 1.54) is 6.42 Å². The second-order valence-electron chi connectivity index (χ2n) is 4.01. The van der Waals surface area contributed by atoms with Gasteiger partial charge in [-0.3, -0.25) is 9.58 Å². The third kappa shape index (κ3) is 2.35. The van der Waals surface area contributed by atoms with Gasteiger partial charge < -0.3 is 5.73 Å². The van der Waals surface area contributed by atoms with Crippen molar-refractivity contribution >= 4 is 17.2 Å². The Kier molecular flexibility index (Phi) is 3.02. The van der Waals surface area contributed by atoms with Gasteiger partial charge in [0.15, 0.2) is 0 Å². The van der Waals surface area contributed by atoms with Gasteiger partial charge in [0.2, 0.25) is 0 Å². The van der Waals surface area contributed by atoms with Crippen molar-refractivity contribution in [1.29, 1.82) is 0 Å². The van der Waals surface area contributed by atoms with Crippen LogP contribution in [0.3, 0.4) is 0 Å². The highest BCUT2D eigenvalue weighted by Crippen LogP contribution is 2.19. The molecule has 0 aliphatic carbocycles. The highest BCUT2D eigenvalue weighted by molar-refractivity contribution is 7.80. The largest absolute Gasteiger partial charge is 0.392 e. The van der Waals surface area contributed by atoms with E-state index in [1.807, 2.05) is 24.0 Å². The zero-order valence-electron chi connectivity index (χ0n) is 8.89. The number of hydrogen-bond acceptors (Lipinski definition) is 3. The molecule has 2 N–H and O–H groups in total. The van der Waals surface area contributed by atoms with Gasteiger partial charge in [-0.05, 0) is 25.5 Å². The molecule has 1 aliphatic rings. The van der Waals surface area contributed by atoms with Gasteiger partial charge in [0.1, 0.15) is 0 Å². The lowest BCUT2D eigenvalue weighted by molar-refractivity contribution is 0.290. The van der Waals surface area contributed by atoms with Gasteiger partial charge in [0, 0.05) is 19.8 Å². The quantitative estimate of drug-likeness (QED) is 0.767. The maximum atomic E-state index is 5.71. The Morgan fingerprint density at radius 2 is 2.53 bits per heavy atom. The number of thiocarbonyl (C=S) groups is 1. The number of likely N-dealkylation sites (tertiary alicyclic amines) is 1. The summed E-state index contributed by atoms with van der Waals surface area (Å²) in [4.78, 5) is 2.92. The monoisotopic (exact) mass is 224 g/mol. The van der Waals surface area contributed by atoms with Crippen LogP contribution in [0, 0.1) is 0 Å². The smallest absolute Gasteiger partial charge is 0.0902 e. The van der Waals surface area contributed by atoms with Crippen LogP contribution < -0.4 is 5.73 Å². The van der Waals surface area contributed by atoms with E-state index >= 15 is 0 Å². The third-order valence-electron chi connectivity index (χ3n) is 2.83. The van der Waals surface area contributed by atoms with Crippen molar-refractivity contribution in [2.45, 2.75) is 25.4 Å². The van der Waals surface area contributed by atoms with Crippen LogP contribution in [0.1, 0.15) is 18.5 Å². The molecule has 0 amide bonds. The minimum atomic E-state index is 0.266. The summed E-state index contributed by atoms with van der Waals surface area (Å²) in [6.45, 7) is 1.92. The first-order chi connectivity index (χ1) is 7.16. The predicted octanol–water partition coefficient (Wildman–Crippen LogP) is 0.671. The standard InChI is InChI=1S/C10H16N4S/c1-13-6-4-8(12-13)7-14-5-2-3-9(14)10(11)15/h4,6,9H,2-3,5,7H2,1H3,(H2,11,15). The van der Waals surface area contributed by atoms with Crippen molar-refractivity contribution < 1.29 is 0 Å². The minimum absolute atomic E-state index is 0.266. The fraction of sp³-hybridized carbons (Fsp3) is 0.600. The average molecular weight is 224 g/mol. The minimum Gasteiger partial charge on any atom is -0.392 e. The first-order valence-corrected chi connectivity index (χ1v) is 5.59. The zero-order valence-corrected chi connectivity index (χ0v) is 9.70. The summed E-state index contributed by atoms with van der Waals surface area (Å²) >= 11 is 5.06. The summed E-state index contributed by atoms with van der Waals surface area (Å²) in [6, 6.07) is 2.30. The molecule has 15 heavy (non-hydrogen) atoms. The number of rotatable bonds is 3. The Morgan fingerprint density at radius 1 is 1.73 bits per heavy atom. The molecule has 2 rings (SSSR count). The lowest BCUT2D eigenvalue weighted by Crippen LogP contribution is -2.38. The summed E-state index contributed by atoms with van der Waals surface area (Å²) in [6.07, 6.45) is 4.22. The van der Waals surface area contributed by atoms with Gasteiger partial charge in [-0.1, -0.05) is 12.2 Å². The number of nitrogens with zero attached hydrogens (tertiary/aromatic N) is 3. The maximum Gasteiger partial charge on any atom is 0.0902 e. The Balaban J connectivity index is 2.02. The van der Waals surface area contributed by atoms with E-state index in [0.717, 1.165) is 25.2 Å². The summed E-state index contributed by atoms with van der Waals surface area (Å²) < 4.78 is 1.82. The van der Waals surface area contributed by atoms with E-state index in [2.05, 4.69) is 10.00 Å².